The Morgan fingerprint density at radius 1 is 1.53 bits per heavy atom. The maximum absolute atomic E-state index is 11.1. The highest BCUT2D eigenvalue weighted by atomic mass is 32.1. The summed E-state index contributed by atoms with van der Waals surface area (Å²) in [4.78, 5) is 36.5. The fraction of sp³-hybridized carbons (Fsp3) is 0.250. The lowest BCUT2D eigenvalue weighted by molar-refractivity contribution is -0.114. The van der Waals surface area contributed by atoms with E-state index in [4.69, 9.17) is 0 Å². The van der Waals surface area contributed by atoms with Crippen LogP contribution >= 0.6 is 11.3 Å². The van der Waals surface area contributed by atoms with Crippen molar-refractivity contribution in [1.29, 1.82) is 0 Å². The molecule has 0 aliphatic rings. The highest BCUT2D eigenvalue weighted by Gasteiger charge is 2.10. The van der Waals surface area contributed by atoms with Crippen LogP contribution in [-0.4, -0.2) is 24.0 Å². The topological polar surface area (TPSA) is 85.4 Å². The molecule has 0 fully saturated rings. The molecule has 1 rings (SSSR count). The van der Waals surface area contributed by atoms with Crippen LogP contribution in [0.25, 0.3) is 0 Å². The average Bonchev–Trinajstić information content (AvgIpc) is 2.14. The van der Waals surface area contributed by atoms with Crippen LogP contribution in [0.4, 0.5) is 5.13 Å². The molecule has 0 aliphatic carbocycles. The zero-order chi connectivity index (χ0) is 11.4. The van der Waals surface area contributed by atoms with E-state index in [0.717, 1.165) is 17.4 Å². The van der Waals surface area contributed by atoms with Gasteiger partial charge in [-0.15, -0.1) is 0 Å². The minimum Gasteiger partial charge on any atom is -0.465 e. The summed E-state index contributed by atoms with van der Waals surface area (Å²) in [6.07, 6.45) is 0. The SMILES string of the molecule is COC(=O)c1cc(=O)nc(NC(C)=O)s1. The second-order valence-corrected chi connectivity index (χ2v) is 3.57. The number of esters is 1. The van der Waals surface area contributed by atoms with Crippen molar-refractivity contribution in [2.24, 2.45) is 0 Å². The lowest BCUT2D eigenvalue weighted by atomic mass is 10.5. The normalized spacial score (nSPS) is 9.47. The molecule has 0 bridgehead atoms. The third kappa shape index (κ3) is 3.13. The first-order chi connectivity index (χ1) is 7.02. The zero-order valence-electron chi connectivity index (χ0n) is 8.07. The van der Waals surface area contributed by atoms with Gasteiger partial charge in [-0.3, -0.25) is 9.59 Å². The Bertz CT molecular complexity index is 454. The molecule has 0 unspecified atom stereocenters. The number of amides is 1. The van der Waals surface area contributed by atoms with Gasteiger partial charge in [0.25, 0.3) is 5.56 Å². The molecular weight excluding hydrogens is 220 g/mol. The lowest BCUT2D eigenvalue weighted by Crippen LogP contribution is -2.14. The highest BCUT2D eigenvalue weighted by molar-refractivity contribution is 7.17. The molecule has 6 nitrogen and oxygen atoms in total. The fourth-order valence-corrected chi connectivity index (χ4v) is 1.67. The molecular formula is C8H8N2O4S. The molecule has 0 saturated heterocycles. The van der Waals surface area contributed by atoms with E-state index in [-0.39, 0.29) is 15.9 Å². The van der Waals surface area contributed by atoms with Crippen LogP contribution in [-0.2, 0) is 9.53 Å². The Balaban J connectivity index is 3.10. The number of nitrogens with zero attached hydrogens (tertiary/aromatic N) is 1. The standard InChI is InChI=1S/C8H8N2O4S/c1-4(11)9-8-10-6(12)3-5(15-8)7(13)14-2/h3H,1-2H3,(H,9,10,11,12). The molecule has 0 aliphatic heterocycles. The van der Waals surface area contributed by atoms with Gasteiger partial charge >= 0.3 is 5.97 Å². The van der Waals surface area contributed by atoms with E-state index >= 15 is 0 Å². The number of anilines is 1. The predicted octanol–water partition coefficient (Wildman–Crippen LogP) is 0.248. The summed E-state index contributed by atoms with van der Waals surface area (Å²) in [7, 11) is 1.21. The largest absolute Gasteiger partial charge is 0.465 e. The Labute approximate surface area is 88.9 Å². The van der Waals surface area contributed by atoms with Crippen LogP contribution in [0.3, 0.4) is 0 Å². The van der Waals surface area contributed by atoms with E-state index in [9.17, 15) is 14.4 Å². The minimum atomic E-state index is -0.633. The molecule has 7 heteroatoms. The van der Waals surface area contributed by atoms with E-state index < -0.39 is 11.5 Å². The maximum atomic E-state index is 11.1. The second-order valence-electron chi connectivity index (χ2n) is 2.54. The van der Waals surface area contributed by atoms with Crippen LogP contribution in [0, 0.1) is 0 Å². The summed E-state index contributed by atoms with van der Waals surface area (Å²) in [6, 6.07) is 1.06. The van der Waals surface area contributed by atoms with Gasteiger partial charge in [0.1, 0.15) is 4.88 Å². The summed E-state index contributed by atoms with van der Waals surface area (Å²) in [5.74, 6) is -0.994. The zero-order valence-corrected chi connectivity index (χ0v) is 8.88. The maximum Gasteiger partial charge on any atom is 0.348 e. The van der Waals surface area contributed by atoms with E-state index in [0.29, 0.717) is 0 Å². The van der Waals surface area contributed by atoms with Crippen molar-refractivity contribution >= 4 is 28.3 Å². The van der Waals surface area contributed by atoms with Gasteiger partial charge in [-0.1, -0.05) is 11.3 Å². The molecule has 0 spiro atoms. The van der Waals surface area contributed by atoms with E-state index in [2.05, 4.69) is 15.0 Å². The monoisotopic (exact) mass is 228 g/mol. The minimum absolute atomic E-state index is 0.0791. The third-order valence-corrected chi connectivity index (χ3v) is 2.23. The molecule has 1 aromatic rings. The van der Waals surface area contributed by atoms with E-state index in [1.165, 1.54) is 14.0 Å². The van der Waals surface area contributed by atoms with Crippen molar-refractivity contribution in [2.75, 3.05) is 12.4 Å². The van der Waals surface area contributed by atoms with Crippen molar-refractivity contribution in [3.05, 3.63) is 21.3 Å². The van der Waals surface area contributed by atoms with E-state index in [1.807, 2.05) is 0 Å². The second kappa shape index (κ2) is 4.65. The Morgan fingerprint density at radius 3 is 2.73 bits per heavy atom. The first kappa shape index (κ1) is 11.3. The van der Waals surface area contributed by atoms with Gasteiger partial charge in [-0.25, -0.2) is 4.79 Å². The van der Waals surface area contributed by atoms with Crippen LogP contribution in [0.15, 0.2) is 10.9 Å². The van der Waals surface area contributed by atoms with Gasteiger partial charge in [0.15, 0.2) is 5.13 Å². The smallest absolute Gasteiger partial charge is 0.348 e. The molecule has 0 aromatic carbocycles. The number of carbonyl (C=O) groups excluding carboxylic acids is 2. The summed E-state index contributed by atoms with van der Waals surface area (Å²) < 4.78 is 4.44. The van der Waals surface area contributed by atoms with Gasteiger partial charge in [-0.2, -0.15) is 4.98 Å². The van der Waals surface area contributed by atoms with Gasteiger partial charge in [0.2, 0.25) is 5.91 Å². The molecule has 0 atom stereocenters. The molecule has 0 saturated carbocycles. The quantitative estimate of drug-likeness (QED) is 0.733. The Kier molecular flexibility index (Phi) is 3.51. The summed E-state index contributed by atoms with van der Waals surface area (Å²) in [5, 5.41) is 2.40. The van der Waals surface area contributed by atoms with Gasteiger partial charge in [0.05, 0.1) is 7.11 Å². The number of ether oxygens (including phenoxy) is 1. The van der Waals surface area contributed by atoms with Gasteiger partial charge < -0.3 is 10.1 Å². The fourth-order valence-electron chi connectivity index (χ4n) is 0.806. The highest BCUT2D eigenvalue weighted by Crippen LogP contribution is 2.14. The summed E-state index contributed by atoms with van der Waals surface area (Å²) in [6.45, 7) is 1.28. The third-order valence-electron chi connectivity index (χ3n) is 1.34. The molecule has 1 amide bonds. The molecule has 1 N–H and O–H groups in total. The summed E-state index contributed by atoms with van der Waals surface area (Å²) in [5.41, 5.74) is -0.599. The van der Waals surface area contributed by atoms with Crippen molar-refractivity contribution in [3.8, 4) is 0 Å². The van der Waals surface area contributed by atoms with Crippen LogP contribution in [0.2, 0.25) is 0 Å². The first-order valence-corrected chi connectivity index (χ1v) is 4.72. The number of rotatable bonds is 2. The number of carbonyl (C=O) groups is 2. The van der Waals surface area contributed by atoms with E-state index in [1.54, 1.807) is 0 Å². The molecule has 1 aromatic heterocycles. The van der Waals surface area contributed by atoms with Crippen LogP contribution in [0.5, 0.6) is 0 Å². The molecule has 15 heavy (non-hydrogen) atoms. The molecule has 80 valence electrons. The number of hydrogen-bond donors (Lipinski definition) is 1. The van der Waals surface area contributed by atoms with Crippen molar-refractivity contribution in [3.63, 3.8) is 0 Å². The van der Waals surface area contributed by atoms with Gasteiger partial charge in [-0.05, 0) is 0 Å². The Hall–Kier alpha value is -1.76. The van der Waals surface area contributed by atoms with Crippen molar-refractivity contribution < 1.29 is 14.3 Å². The number of hydrogen-bond acceptors (Lipinski definition) is 6. The van der Waals surface area contributed by atoms with Crippen LogP contribution < -0.4 is 10.9 Å². The lowest BCUT2D eigenvalue weighted by Gasteiger charge is -2.01. The average molecular weight is 228 g/mol. The molecule has 1 heterocycles. The number of nitrogens with one attached hydrogen (secondary N) is 1. The van der Waals surface area contributed by atoms with Crippen molar-refractivity contribution in [1.82, 2.24) is 4.98 Å². The predicted molar refractivity (Wildman–Crippen MR) is 54.0 cm³/mol. The number of aromatic nitrogens is 1. The van der Waals surface area contributed by atoms with Crippen LogP contribution in [0.1, 0.15) is 16.6 Å². The first-order valence-electron chi connectivity index (χ1n) is 3.91. The molecule has 0 radical (unpaired) electrons. The summed E-state index contributed by atoms with van der Waals surface area (Å²) >= 11 is 0.880. The van der Waals surface area contributed by atoms with Gasteiger partial charge in [0, 0.05) is 13.0 Å². The Morgan fingerprint density at radius 2 is 2.20 bits per heavy atom. The van der Waals surface area contributed by atoms with Crippen molar-refractivity contribution in [2.45, 2.75) is 6.92 Å². The number of methoxy groups -OCH3 is 1.